The molecule has 5 aliphatic carbocycles. The molecule has 4 fully saturated rings. The molecule has 9 atom stereocenters. The van der Waals surface area contributed by atoms with E-state index in [0.29, 0.717) is 36.5 Å². The van der Waals surface area contributed by atoms with Gasteiger partial charge in [0, 0.05) is 24.8 Å². The number of fused-ring (bicyclic) bond motifs is 7. The van der Waals surface area contributed by atoms with Gasteiger partial charge in [0.1, 0.15) is 12.1 Å². The third-order valence-electron chi connectivity index (χ3n) is 18.2. The molecular weight excluding hydrogens is 749 g/mol. The topological polar surface area (TPSA) is 122 Å². The number of amides is 2. The Hall–Kier alpha value is -2.38. The Bertz CT molecular complexity index is 1550. The number of allylic oxidation sites excluding steroid dienone is 2. The molecule has 0 saturated heterocycles. The van der Waals surface area contributed by atoms with Gasteiger partial charge in [0.15, 0.2) is 0 Å². The zero-order valence-electron chi connectivity index (χ0n) is 40.0. The van der Waals surface area contributed by atoms with E-state index in [4.69, 9.17) is 4.74 Å². The predicted molar refractivity (Wildman–Crippen MR) is 242 cm³/mol. The number of esters is 1. The molecule has 2 amide bonds. The lowest BCUT2D eigenvalue weighted by molar-refractivity contribution is -0.213. The summed E-state index contributed by atoms with van der Waals surface area (Å²) in [6.45, 7) is 24.1. The molecule has 5 rings (SSSR count). The summed E-state index contributed by atoms with van der Waals surface area (Å²) in [5, 5.41) is 15.5. The molecule has 0 radical (unpaired) electrons. The number of rotatable bonds is 20. The van der Waals surface area contributed by atoms with Crippen LogP contribution in [0.3, 0.4) is 0 Å². The van der Waals surface area contributed by atoms with Gasteiger partial charge in [-0.2, -0.15) is 0 Å². The van der Waals surface area contributed by atoms with E-state index in [9.17, 15) is 24.3 Å². The van der Waals surface area contributed by atoms with E-state index < -0.39 is 12.0 Å². The molecule has 3 unspecified atom stereocenters. The second-order valence-electron chi connectivity index (χ2n) is 23.1. The lowest BCUT2D eigenvalue weighted by Crippen LogP contribution is -2.65. The van der Waals surface area contributed by atoms with Crippen molar-refractivity contribution in [3.05, 3.63) is 11.6 Å². The standard InChI is InChI=1S/C52H88N2O6/c1-11-12-19-23-43(56)60-41-27-28-49(8)39(48(41,6)7)26-29-51(10)40(49)25-24-37-38-35-47(4,5)30-32-52(38,33-31-50(37,51)9)46(59)53-34-21-18-16-14-13-15-17-20-22-42(55)54-44(36(2)3)45(57)58/h24,36,38-41,44H,11-23,25-35H2,1-10H3,(H,53,59)(H,54,55)(H,57,58)/t38?,39?,40?,41-,44-,49-,50+,51+,52-/m0/s1. The van der Waals surface area contributed by atoms with Crippen molar-refractivity contribution < 1.29 is 29.0 Å². The summed E-state index contributed by atoms with van der Waals surface area (Å²) in [6.07, 6.45) is 25.9. The SMILES string of the molecule is CCCCCC(=O)O[C@H]1CC[C@@]2(C)C(CC[C@]3(C)C2CC=C2C4CC(C)(C)CC[C@]4(C(=O)NCCCCCCCCCCC(=O)N[C@H](C(=O)O)C(C)C)CC[C@]23C)C1(C)C. The van der Waals surface area contributed by atoms with Crippen LogP contribution in [0, 0.1) is 56.2 Å². The van der Waals surface area contributed by atoms with E-state index in [1.54, 1.807) is 5.57 Å². The molecule has 60 heavy (non-hydrogen) atoms. The summed E-state index contributed by atoms with van der Waals surface area (Å²) in [4.78, 5) is 51.1. The molecular formula is C52H88N2O6. The molecule has 0 aromatic carbocycles. The van der Waals surface area contributed by atoms with Crippen molar-refractivity contribution in [3.63, 3.8) is 0 Å². The van der Waals surface area contributed by atoms with Crippen molar-refractivity contribution in [2.45, 2.75) is 229 Å². The number of nitrogens with one attached hydrogen (secondary N) is 2. The van der Waals surface area contributed by atoms with Gasteiger partial charge in [-0.15, -0.1) is 0 Å². The van der Waals surface area contributed by atoms with Crippen LogP contribution in [0.2, 0.25) is 0 Å². The molecule has 0 bridgehead atoms. The molecule has 0 aromatic heterocycles. The average Bonchev–Trinajstić information content (AvgIpc) is 3.17. The maximum atomic E-state index is 14.6. The quantitative estimate of drug-likeness (QED) is 0.0638. The lowest BCUT2D eigenvalue weighted by Gasteiger charge is -2.71. The number of ether oxygens (including phenoxy) is 1. The van der Waals surface area contributed by atoms with Crippen molar-refractivity contribution >= 4 is 23.8 Å². The van der Waals surface area contributed by atoms with Gasteiger partial charge < -0.3 is 20.5 Å². The highest BCUT2D eigenvalue weighted by Crippen LogP contribution is 2.76. The number of carbonyl (C=O) groups excluding carboxylic acids is 3. The number of carboxylic acids is 1. The van der Waals surface area contributed by atoms with Gasteiger partial charge in [-0.1, -0.05) is 132 Å². The number of unbranched alkanes of at least 4 members (excludes halogenated alkanes) is 9. The molecule has 0 aromatic rings. The number of hydrogen-bond donors (Lipinski definition) is 3. The fraction of sp³-hybridized carbons (Fsp3) is 0.885. The zero-order valence-corrected chi connectivity index (χ0v) is 40.0. The van der Waals surface area contributed by atoms with E-state index in [-0.39, 0.29) is 56.4 Å². The Morgan fingerprint density at radius 1 is 0.767 bits per heavy atom. The highest BCUT2D eigenvalue weighted by molar-refractivity contribution is 5.84. The van der Waals surface area contributed by atoms with Gasteiger partial charge in [0.05, 0.1) is 5.41 Å². The van der Waals surface area contributed by atoms with E-state index in [1.165, 1.54) is 12.8 Å². The lowest BCUT2D eigenvalue weighted by atomic mass is 9.33. The van der Waals surface area contributed by atoms with Crippen LogP contribution in [0.1, 0.15) is 217 Å². The summed E-state index contributed by atoms with van der Waals surface area (Å²) >= 11 is 0. The van der Waals surface area contributed by atoms with Crippen molar-refractivity contribution in [2.75, 3.05) is 6.54 Å². The Labute approximate surface area is 365 Å². The first-order valence-corrected chi connectivity index (χ1v) is 24.9. The Kier molecular flexibility index (Phi) is 15.9. The summed E-state index contributed by atoms with van der Waals surface area (Å²) in [5.41, 5.74) is 1.89. The van der Waals surface area contributed by atoms with Crippen LogP contribution in [-0.2, 0) is 23.9 Å². The highest BCUT2D eigenvalue weighted by atomic mass is 16.5. The normalized spacial score (nSPS) is 34.5. The summed E-state index contributed by atoms with van der Waals surface area (Å²) in [7, 11) is 0. The van der Waals surface area contributed by atoms with Gasteiger partial charge in [0.25, 0.3) is 0 Å². The summed E-state index contributed by atoms with van der Waals surface area (Å²) in [5.74, 6) is 0.407. The molecule has 4 saturated carbocycles. The average molecular weight is 837 g/mol. The number of hydrogen-bond acceptors (Lipinski definition) is 5. The third-order valence-corrected chi connectivity index (χ3v) is 18.2. The number of carbonyl (C=O) groups is 4. The highest BCUT2D eigenvalue weighted by Gasteiger charge is 2.69. The van der Waals surface area contributed by atoms with E-state index >= 15 is 0 Å². The minimum absolute atomic E-state index is 0.00441. The van der Waals surface area contributed by atoms with Crippen LogP contribution in [-0.4, -0.2) is 47.6 Å². The first kappa shape index (κ1) is 48.6. The molecule has 0 heterocycles. The van der Waals surface area contributed by atoms with Crippen LogP contribution in [0.15, 0.2) is 11.6 Å². The van der Waals surface area contributed by atoms with E-state index in [2.05, 4.69) is 72.1 Å². The van der Waals surface area contributed by atoms with Crippen LogP contribution >= 0.6 is 0 Å². The molecule has 8 heteroatoms. The Balaban J connectivity index is 1.15. The van der Waals surface area contributed by atoms with Crippen molar-refractivity contribution in [1.82, 2.24) is 10.6 Å². The van der Waals surface area contributed by atoms with Gasteiger partial charge in [-0.3, -0.25) is 14.4 Å². The van der Waals surface area contributed by atoms with E-state index in [1.807, 2.05) is 13.8 Å². The fourth-order valence-corrected chi connectivity index (χ4v) is 14.2. The van der Waals surface area contributed by atoms with Crippen LogP contribution in [0.4, 0.5) is 0 Å². The Morgan fingerprint density at radius 3 is 2.05 bits per heavy atom. The van der Waals surface area contributed by atoms with Crippen LogP contribution in [0.5, 0.6) is 0 Å². The van der Waals surface area contributed by atoms with Gasteiger partial charge in [-0.05, 0) is 129 Å². The summed E-state index contributed by atoms with van der Waals surface area (Å²) in [6, 6.07) is -0.822. The second-order valence-corrected chi connectivity index (χ2v) is 23.1. The third kappa shape index (κ3) is 9.88. The second kappa shape index (κ2) is 19.6. The summed E-state index contributed by atoms with van der Waals surface area (Å²) < 4.78 is 6.31. The maximum absolute atomic E-state index is 14.6. The van der Waals surface area contributed by atoms with Gasteiger partial charge >= 0.3 is 11.9 Å². The predicted octanol–water partition coefficient (Wildman–Crippen LogP) is 12.1. The molecule has 3 N–H and O–H groups in total. The molecule has 0 spiro atoms. The number of aliphatic carboxylic acids is 1. The molecule has 5 aliphatic rings. The molecule has 342 valence electrons. The zero-order chi connectivity index (χ0) is 44.1. The maximum Gasteiger partial charge on any atom is 0.326 e. The first-order chi connectivity index (χ1) is 28.2. The van der Waals surface area contributed by atoms with Crippen molar-refractivity contribution in [1.29, 1.82) is 0 Å². The van der Waals surface area contributed by atoms with Gasteiger partial charge in [0.2, 0.25) is 11.8 Å². The van der Waals surface area contributed by atoms with Crippen LogP contribution < -0.4 is 10.6 Å². The largest absolute Gasteiger partial charge is 0.480 e. The minimum Gasteiger partial charge on any atom is -0.480 e. The fourth-order valence-electron chi connectivity index (χ4n) is 14.2. The van der Waals surface area contributed by atoms with Crippen molar-refractivity contribution in [3.8, 4) is 0 Å². The first-order valence-electron chi connectivity index (χ1n) is 24.9. The monoisotopic (exact) mass is 837 g/mol. The van der Waals surface area contributed by atoms with Crippen molar-refractivity contribution in [2.24, 2.45) is 56.2 Å². The minimum atomic E-state index is -0.975. The molecule has 0 aliphatic heterocycles. The smallest absolute Gasteiger partial charge is 0.326 e. The Morgan fingerprint density at radius 2 is 1.40 bits per heavy atom. The van der Waals surface area contributed by atoms with E-state index in [0.717, 1.165) is 129 Å². The van der Waals surface area contributed by atoms with Gasteiger partial charge in [-0.25, -0.2) is 4.79 Å². The van der Waals surface area contributed by atoms with Crippen LogP contribution in [0.25, 0.3) is 0 Å². The molecule has 8 nitrogen and oxygen atoms in total. The number of carboxylic acid groups (broad SMARTS) is 1.